The number of hydrogen-bond donors (Lipinski definition) is 0. The van der Waals surface area contributed by atoms with Gasteiger partial charge >= 0.3 is 0 Å². The lowest BCUT2D eigenvalue weighted by Gasteiger charge is -2.33. The Labute approximate surface area is 117 Å². The first-order valence-corrected chi connectivity index (χ1v) is 7.12. The standard InChI is InChI=1S/C17H26O2/c1-16(2,12-17(3,4)15-11-19-15)13-18-10-14-8-6-5-7-9-14/h5-9,15H,10-13H2,1-4H3. The van der Waals surface area contributed by atoms with Crippen molar-refractivity contribution in [2.75, 3.05) is 13.2 Å². The fourth-order valence-corrected chi connectivity index (χ4v) is 2.92. The molecule has 0 saturated carbocycles. The lowest BCUT2D eigenvalue weighted by molar-refractivity contribution is 0.0223. The third-order valence-electron chi connectivity index (χ3n) is 3.74. The largest absolute Gasteiger partial charge is 0.376 e. The van der Waals surface area contributed by atoms with Crippen molar-refractivity contribution in [2.24, 2.45) is 10.8 Å². The van der Waals surface area contributed by atoms with E-state index in [1.165, 1.54) is 5.56 Å². The molecule has 1 atom stereocenters. The van der Waals surface area contributed by atoms with Gasteiger partial charge in [-0.15, -0.1) is 0 Å². The van der Waals surface area contributed by atoms with Crippen LogP contribution in [0.5, 0.6) is 0 Å². The van der Waals surface area contributed by atoms with E-state index in [2.05, 4.69) is 52.0 Å². The molecule has 0 N–H and O–H groups in total. The fourth-order valence-electron chi connectivity index (χ4n) is 2.92. The minimum atomic E-state index is 0.185. The third-order valence-corrected chi connectivity index (χ3v) is 3.74. The summed E-state index contributed by atoms with van der Waals surface area (Å²) in [6.07, 6.45) is 1.57. The maximum atomic E-state index is 5.89. The Morgan fingerprint density at radius 2 is 1.79 bits per heavy atom. The summed E-state index contributed by atoms with van der Waals surface area (Å²) in [7, 11) is 0. The van der Waals surface area contributed by atoms with Gasteiger partial charge in [-0.1, -0.05) is 58.0 Å². The zero-order valence-electron chi connectivity index (χ0n) is 12.6. The van der Waals surface area contributed by atoms with Crippen LogP contribution in [0.4, 0.5) is 0 Å². The normalized spacial score (nSPS) is 19.5. The first-order chi connectivity index (χ1) is 8.89. The van der Waals surface area contributed by atoms with Crippen LogP contribution < -0.4 is 0 Å². The summed E-state index contributed by atoms with van der Waals surface area (Å²) < 4.78 is 11.3. The molecule has 19 heavy (non-hydrogen) atoms. The van der Waals surface area contributed by atoms with Crippen molar-refractivity contribution in [3.63, 3.8) is 0 Å². The summed E-state index contributed by atoms with van der Waals surface area (Å²) >= 11 is 0. The smallest absolute Gasteiger partial charge is 0.0860 e. The van der Waals surface area contributed by atoms with Crippen LogP contribution in [-0.2, 0) is 16.1 Å². The second-order valence-electron chi connectivity index (χ2n) is 7.13. The molecule has 0 spiro atoms. The second kappa shape index (κ2) is 5.64. The third kappa shape index (κ3) is 4.63. The second-order valence-corrected chi connectivity index (χ2v) is 7.13. The van der Waals surface area contributed by atoms with E-state index in [0.29, 0.717) is 12.7 Å². The Balaban J connectivity index is 1.77. The van der Waals surface area contributed by atoms with Crippen molar-refractivity contribution >= 4 is 0 Å². The summed E-state index contributed by atoms with van der Waals surface area (Å²) in [6, 6.07) is 10.4. The van der Waals surface area contributed by atoms with E-state index in [1.807, 2.05) is 6.07 Å². The molecular formula is C17H26O2. The SMILES string of the molecule is CC(C)(COCc1ccccc1)CC(C)(C)C1CO1. The fraction of sp³-hybridized carbons (Fsp3) is 0.647. The molecule has 0 bridgehead atoms. The molecule has 0 radical (unpaired) electrons. The molecule has 2 nitrogen and oxygen atoms in total. The molecule has 1 unspecified atom stereocenters. The van der Waals surface area contributed by atoms with Gasteiger partial charge < -0.3 is 9.47 Å². The first kappa shape index (κ1) is 14.5. The average molecular weight is 262 g/mol. The van der Waals surface area contributed by atoms with Crippen molar-refractivity contribution < 1.29 is 9.47 Å². The Hall–Kier alpha value is -0.860. The monoisotopic (exact) mass is 262 g/mol. The van der Waals surface area contributed by atoms with Crippen LogP contribution in [0, 0.1) is 10.8 Å². The molecular weight excluding hydrogens is 236 g/mol. The molecule has 1 heterocycles. The molecule has 2 heteroatoms. The van der Waals surface area contributed by atoms with Crippen LogP contribution in [0.1, 0.15) is 39.7 Å². The van der Waals surface area contributed by atoms with Gasteiger partial charge in [0.15, 0.2) is 0 Å². The maximum absolute atomic E-state index is 5.89. The van der Waals surface area contributed by atoms with E-state index < -0.39 is 0 Å². The molecule has 1 aliphatic rings. The van der Waals surface area contributed by atoms with Crippen LogP contribution in [0.3, 0.4) is 0 Å². The minimum Gasteiger partial charge on any atom is -0.376 e. The topological polar surface area (TPSA) is 21.8 Å². The average Bonchev–Trinajstić information content (AvgIpc) is 3.12. The summed E-state index contributed by atoms with van der Waals surface area (Å²) in [4.78, 5) is 0. The predicted octanol–water partition coefficient (Wildman–Crippen LogP) is 4.04. The number of epoxide rings is 1. The van der Waals surface area contributed by atoms with Gasteiger partial charge in [0.05, 0.1) is 25.9 Å². The lowest BCUT2D eigenvalue weighted by atomic mass is 9.74. The van der Waals surface area contributed by atoms with Gasteiger partial charge in [0.1, 0.15) is 0 Å². The zero-order valence-corrected chi connectivity index (χ0v) is 12.6. The van der Waals surface area contributed by atoms with Crippen molar-refractivity contribution in [1.29, 1.82) is 0 Å². The Kier molecular flexibility index (Phi) is 4.32. The van der Waals surface area contributed by atoms with Crippen molar-refractivity contribution in [1.82, 2.24) is 0 Å². The first-order valence-electron chi connectivity index (χ1n) is 7.12. The Morgan fingerprint density at radius 1 is 1.16 bits per heavy atom. The summed E-state index contributed by atoms with van der Waals surface area (Å²) in [5.74, 6) is 0. The van der Waals surface area contributed by atoms with Gasteiger partial charge in [-0.2, -0.15) is 0 Å². The van der Waals surface area contributed by atoms with Gasteiger partial charge in [0.25, 0.3) is 0 Å². The van der Waals surface area contributed by atoms with Crippen molar-refractivity contribution in [3.8, 4) is 0 Å². The number of ether oxygens (including phenoxy) is 2. The summed E-state index contributed by atoms with van der Waals surface area (Å²) in [5, 5.41) is 0. The van der Waals surface area contributed by atoms with Crippen LogP contribution in [0.2, 0.25) is 0 Å². The van der Waals surface area contributed by atoms with Crippen LogP contribution in [0.25, 0.3) is 0 Å². The van der Waals surface area contributed by atoms with Crippen molar-refractivity contribution in [2.45, 2.75) is 46.8 Å². The van der Waals surface area contributed by atoms with Gasteiger partial charge in [-0.05, 0) is 22.8 Å². The summed E-state index contributed by atoms with van der Waals surface area (Å²) in [5.41, 5.74) is 1.67. The molecule has 0 amide bonds. The number of benzene rings is 1. The zero-order chi connectivity index (χ0) is 13.9. The highest BCUT2D eigenvalue weighted by Gasteiger charge is 2.42. The van der Waals surface area contributed by atoms with Gasteiger partial charge in [-0.25, -0.2) is 0 Å². The molecule has 2 rings (SSSR count). The quantitative estimate of drug-likeness (QED) is 0.692. The van der Waals surface area contributed by atoms with E-state index in [-0.39, 0.29) is 10.8 Å². The molecule has 0 aromatic heterocycles. The molecule has 1 aliphatic heterocycles. The van der Waals surface area contributed by atoms with E-state index in [9.17, 15) is 0 Å². The van der Waals surface area contributed by atoms with E-state index >= 15 is 0 Å². The van der Waals surface area contributed by atoms with Crippen LogP contribution in [-0.4, -0.2) is 19.3 Å². The van der Waals surface area contributed by atoms with Gasteiger partial charge in [0, 0.05) is 0 Å². The Morgan fingerprint density at radius 3 is 2.37 bits per heavy atom. The van der Waals surface area contributed by atoms with Crippen LogP contribution in [0.15, 0.2) is 30.3 Å². The molecule has 1 aromatic carbocycles. The molecule has 1 saturated heterocycles. The minimum absolute atomic E-state index is 0.185. The number of hydrogen-bond acceptors (Lipinski definition) is 2. The molecule has 0 aliphatic carbocycles. The molecule has 1 aromatic rings. The van der Waals surface area contributed by atoms with Crippen molar-refractivity contribution in [3.05, 3.63) is 35.9 Å². The van der Waals surface area contributed by atoms with E-state index in [0.717, 1.165) is 19.6 Å². The highest BCUT2D eigenvalue weighted by Crippen LogP contribution is 2.42. The highest BCUT2D eigenvalue weighted by molar-refractivity contribution is 5.13. The molecule has 1 fully saturated rings. The highest BCUT2D eigenvalue weighted by atomic mass is 16.6. The maximum Gasteiger partial charge on any atom is 0.0860 e. The number of rotatable bonds is 7. The van der Waals surface area contributed by atoms with Gasteiger partial charge in [-0.3, -0.25) is 0 Å². The van der Waals surface area contributed by atoms with E-state index in [1.54, 1.807) is 0 Å². The predicted molar refractivity (Wildman–Crippen MR) is 78.0 cm³/mol. The lowest BCUT2D eigenvalue weighted by Crippen LogP contribution is -2.30. The van der Waals surface area contributed by atoms with E-state index in [4.69, 9.17) is 9.47 Å². The molecule has 106 valence electrons. The van der Waals surface area contributed by atoms with Gasteiger partial charge in [0.2, 0.25) is 0 Å². The summed E-state index contributed by atoms with van der Waals surface area (Å²) in [6.45, 7) is 11.6. The van der Waals surface area contributed by atoms with Crippen LogP contribution >= 0.6 is 0 Å². The Bertz CT molecular complexity index is 391.